The Balaban J connectivity index is 1.82. The number of thiophene rings is 1. The number of aryl methyl sites for hydroxylation is 2. The van der Waals surface area contributed by atoms with Gasteiger partial charge in [0.15, 0.2) is 0 Å². The van der Waals surface area contributed by atoms with Crippen LogP contribution in [-0.2, 0) is 0 Å². The topological polar surface area (TPSA) is 54.0 Å². The molecular formula is C13H17N3OS2. The lowest BCUT2D eigenvalue weighted by molar-refractivity contribution is 0.251. The summed E-state index contributed by atoms with van der Waals surface area (Å²) in [5.41, 5.74) is 2.99. The fourth-order valence-electron chi connectivity index (χ4n) is 1.59. The van der Waals surface area contributed by atoms with Crippen molar-refractivity contribution in [3.8, 4) is 0 Å². The molecule has 0 spiro atoms. The highest BCUT2D eigenvalue weighted by Gasteiger charge is 2.11. The van der Waals surface area contributed by atoms with Gasteiger partial charge >= 0.3 is 6.03 Å². The number of anilines is 1. The van der Waals surface area contributed by atoms with Crippen molar-refractivity contribution >= 4 is 34.4 Å². The fraction of sp³-hybridized carbons (Fsp3) is 0.385. The zero-order chi connectivity index (χ0) is 13.8. The summed E-state index contributed by atoms with van der Waals surface area (Å²) in [4.78, 5) is 16.2. The summed E-state index contributed by atoms with van der Waals surface area (Å²) in [6.07, 6.45) is 0. The lowest BCUT2D eigenvalue weighted by Gasteiger charge is -2.11. The molecule has 2 aromatic rings. The van der Waals surface area contributed by atoms with Gasteiger partial charge in [-0.2, -0.15) is 0 Å². The van der Waals surface area contributed by atoms with Gasteiger partial charge in [0.2, 0.25) is 0 Å². The first kappa shape index (κ1) is 14.0. The van der Waals surface area contributed by atoms with Gasteiger partial charge in [0.25, 0.3) is 0 Å². The molecule has 0 aliphatic carbocycles. The van der Waals surface area contributed by atoms with Crippen LogP contribution in [0, 0.1) is 13.8 Å². The van der Waals surface area contributed by atoms with Crippen molar-refractivity contribution in [1.29, 1.82) is 0 Å². The Bertz CT molecular complexity index is 562. The molecule has 2 rings (SSSR count). The third-order valence-corrected chi connectivity index (χ3v) is 4.79. The molecule has 1 unspecified atom stereocenters. The van der Waals surface area contributed by atoms with E-state index in [1.165, 1.54) is 0 Å². The highest BCUT2D eigenvalue weighted by atomic mass is 32.1. The Labute approximate surface area is 120 Å². The van der Waals surface area contributed by atoms with Crippen LogP contribution in [0.25, 0.3) is 0 Å². The van der Waals surface area contributed by atoms with Crippen LogP contribution in [0.2, 0.25) is 0 Å². The monoisotopic (exact) mass is 295 g/mol. The lowest BCUT2D eigenvalue weighted by Crippen LogP contribution is -2.31. The molecule has 2 N–H and O–H groups in total. The van der Waals surface area contributed by atoms with E-state index in [0.717, 1.165) is 22.0 Å². The van der Waals surface area contributed by atoms with E-state index in [-0.39, 0.29) is 11.9 Å². The number of thiazole rings is 1. The second-order valence-electron chi connectivity index (χ2n) is 4.53. The van der Waals surface area contributed by atoms with Crippen molar-refractivity contribution in [3.05, 3.63) is 32.4 Å². The van der Waals surface area contributed by atoms with E-state index >= 15 is 0 Å². The quantitative estimate of drug-likeness (QED) is 0.902. The number of carbonyl (C=O) groups is 1. The van der Waals surface area contributed by atoms with E-state index in [2.05, 4.69) is 22.5 Å². The van der Waals surface area contributed by atoms with Crippen LogP contribution < -0.4 is 10.6 Å². The average Bonchev–Trinajstić information content (AvgIpc) is 2.96. The molecule has 0 radical (unpaired) electrons. The van der Waals surface area contributed by atoms with Crippen LogP contribution in [0.5, 0.6) is 0 Å². The first-order valence-electron chi connectivity index (χ1n) is 6.06. The summed E-state index contributed by atoms with van der Waals surface area (Å²) < 4.78 is 0. The van der Waals surface area contributed by atoms with Gasteiger partial charge in [-0.25, -0.2) is 9.78 Å². The van der Waals surface area contributed by atoms with Gasteiger partial charge in [0, 0.05) is 28.9 Å². The summed E-state index contributed by atoms with van der Waals surface area (Å²) in [7, 11) is 0. The molecule has 2 heterocycles. The third-order valence-electron chi connectivity index (χ3n) is 2.73. The zero-order valence-corrected chi connectivity index (χ0v) is 12.8. The van der Waals surface area contributed by atoms with E-state index in [1.54, 1.807) is 22.7 Å². The first-order chi connectivity index (χ1) is 9.06. The molecule has 4 nitrogen and oxygen atoms in total. The van der Waals surface area contributed by atoms with E-state index in [0.29, 0.717) is 6.54 Å². The normalized spacial score (nSPS) is 12.2. The van der Waals surface area contributed by atoms with E-state index < -0.39 is 0 Å². The van der Waals surface area contributed by atoms with E-state index in [9.17, 15) is 4.79 Å². The van der Waals surface area contributed by atoms with Crippen molar-refractivity contribution in [2.75, 3.05) is 11.9 Å². The second kappa shape index (κ2) is 6.16. The SMILES string of the molecule is Cc1csc(C(C)CNC(=O)Nc2cscc2C)n1. The van der Waals surface area contributed by atoms with Crippen LogP contribution in [-0.4, -0.2) is 17.6 Å². The Morgan fingerprint density at radius 1 is 1.37 bits per heavy atom. The van der Waals surface area contributed by atoms with Crippen molar-refractivity contribution in [2.45, 2.75) is 26.7 Å². The minimum atomic E-state index is -0.165. The molecule has 102 valence electrons. The second-order valence-corrected chi connectivity index (χ2v) is 6.16. The van der Waals surface area contributed by atoms with Gasteiger partial charge in [-0.3, -0.25) is 0 Å². The molecule has 19 heavy (non-hydrogen) atoms. The minimum absolute atomic E-state index is 0.165. The molecule has 0 saturated carbocycles. The van der Waals surface area contributed by atoms with Crippen molar-refractivity contribution in [3.63, 3.8) is 0 Å². The lowest BCUT2D eigenvalue weighted by atomic mass is 10.2. The minimum Gasteiger partial charge on any atom is -0.337 e. The van der Waals surface area contributed by atoms with Crippen LogP contribution in [0.4, 0.5) is 10.5 Å². The van der Waals surface area contributed by atoms with Gasteiger partial charge in [0.05, 0.1) is 10.7 Å². The molecule has 0 aromatic carbocycles. The predicted octanol–water partition coefficient (Wildman–Crippen LogP) is 3.75. The number of aromatic nitrogens is 1. The Kier molecular flexibility index (Phi) is 4.55. The summed E-state index contributed by atoms with van der Waals surface area (Å²) >= 11 is 3.22. The summed E-state index contributed by atoms with van der Waals surface area (Å²) in [6, 6.07) is -0.165. The number of nitrogens with one attached hydrogen (secondary N) is 2. The summed E-state index contributed by atoms with van der Waals surface area (Å²) in [5, 5.41) is 12.8. The van der Waals surface area contributed by atoms with Gasteiger partial charge in [-0.05, 0) is 24.8 Å². The highest BCUT2D eigenvalue weighted by Crippen LogP contribution is 2.20. The van der Waals surface area contributed by atoms with Crippen molar-refractivity contribution in [1.82, 2.24) is 10.3 Å². The van der Waals surface area contributed by atoms with Crippen molar-refractivity contribution in [2.24, 2.45) is 0 Å². The highest BCUT2D eigenvalue weighted by molar-refractivity contribution is 7.09. The maximum Gasteiger partial charge on any atom is 0.319 e. The number of nitrogens with zero attached hydrogens (tertiary/aromatic N) is 1. The molecule has 2 aromatic heterocycles. The van der Waals surface area contributed by atoms with Crippen LogP contribution >= 0.6 is 22.7 Å². The van der Waals surface area contributed by atoms with Crippen LogP contribution in [0.3, 0.4) is 0 Å². The number of amides is 2. The Morgan fingerprint density at radius 3 is 2.74 bits per heavy atom. The van der Waals surface area contributed by atoms with Gasteiger partial charge < -0.3 is 10.6 Å². The van der Waals surface area contributed by atoms with E-state index in [1.807, 2.05) is 30.0 Å². The standard InChI is InChI=1S/C13H17N3OS2/c1-8(12-15-10(3)6-19-12)4-14-13(17)16-11-7-18-5-9(11)2/h5-8H,4H2,1-3H3,(H2,14,16,17). The maximum absolute atomic E-state index is 11.8. The average molecular weight is 295 g/mol. The first-order valence-corrected chi connectivity index (χ1v) is 7.88. The molecule has 0 fully saturated rings. The van der Waals surface area contributed by atoms with E-state index in [4.69, 9.17) is 0 Å². The number of hydrogen-bond donors (Lipinski definition) is 2. The number of carbonyl (C=O) groups excluding carboxylic acids is 1. The van der Waals surface area contributed by atoms with Gasteiger partial charge in [0.1, 0.15) is 0 Å². The molecule has 6 heteroatoms. The van der Waals surface area contributed by atoms with Crippen molar-refractivity contribution < 1.29 is 4.79 Å². The maximum atomic E-state index is 11.8. The molecule has 2 amide bonds. The zero-order valence-electron chi connectivity index (χ0n) is 11.2. The van der Waals surface area contributed by atoms with Crippen LogP contribution in [0.15, 0.2) is 16.1 Å². The summed E-state index contributed by atoms with van der Waals surface area (Å²) in [6.45, 7) is 6.61. The predicted molar refractivity (Wildman–Crippen MR) is 81.3 cm³/mol. The third kappa shape index (κ3) is 3.78. The van der Waals surface area contributed by atoms with Gasteiger partial charge in [-0.1, -0.05) is 6.92 Å². The molecule has 0 aliphatic heterocycles. The molecule has 0 saturated heterocycles. The number of rotatable bonds is 4. The molecule has 0 aliphatic rings. The molecular weight excluding hydrogens is 278 g/mol. The largest absolute Gasteiger partial charge is 0.337 e. The summed E-state index contributed by atoms with van der Waals surface area (Å²) in [5.74, 6) is 0.230. The smallest absolute Gasteiger partial charge is 0.319 e. The molecule has 0 bridgehead atoms. The fourth-order valence-corrected chi connectivity index (χ4v) is 3.22. The number of hydrogen-bond acceptors (Lipinski definition) is 4. The van der Waals surface area contributed by atoms with Crippen LogP contribution in [0.1, 0.15) is 29.1 Å². The van der Waals surface area contributed by atoms with Gasteiger partial charge in [-0.15, -0.1) is 22.7 Å². The number of urea groups is 1. The molecule has 1 atom stereocenters. The Hall–Kier alpha value is -1.40. The Morgan fingerprint density at radius 2 is 2.16 bits per heavy atom.